The Bertz CT molecular complexity index is 401. The fourth-order valence-corrected chi connectivity index (χ4v) is 1.84. The van der Waals surface area contributed by atoms with Crippen LogP contribution in [0.4, 0.5) is 0 Å². The second-order valence-electron chi connectivity index (χ2n) is 2.31. The predicted octanol–water partition coefficient (Wildman–Crippen LogP) is 1.52. The Morgan fingerprint density at radius 1 is 1.73 bits per heavy atom. The minimum Gasteiger partial charge on any atom is -0.296 e. The smallest absolute Gasteiger partial charge is 0.170 e. The van der Waals surface area contributed by atoms with E-state index in [9.17, 15) is 4.79 Å². The van der Waals surface area contributed by atoms with Crippen LogP contribution in [0.25, 0.3) is 4.83 Å². The summed E-state index contributed by atoms with van der Waals surface area (Å²) in [7, 11) is 0. The standard InChI is InChI=1S/C7H6N2OS/c1-5-4-11-7-2-6(3-10)8-9(5)7/h2-4H,1H3. The Hall–Kier alpha value is -1.16. The molecule has 2 aromatic heterocycles. The van der Waals surface area contributed by atoms with E-state index >= 15 is 0 Å². The Labute approximate surface area is 67.3 Å². The summed E-state index contributed by atoms with van der Waals surface area (Å²) >= 11 is 1.59. The number of rotatable bonds is 1. The minimum atomic E-state index is 0.500. The highest BCUT2D eigenvalue weighted by Gasteiger charge is 2.02. The summed E-state index contributed by atoms with van der Waals surface area (Å²) in [5.41, 5.74) is 1.57. The first-order chi connectivity index (χ1) is 5.31. The highest BCUT2D eigenvalue weighted by molar-refractivity contribution is 7.15. The Morgan fingerprint density at radius 2 is 2.55 bits per heavy atom. The van der Waals surface area contributed by atoms with Gasteiger partial charge in [0.25, 0.3) is 0 Å². The highest BCUT2D eigenvalue weighted by atomic mass is 32.1. The molecule has 0 fully saturated rings. The van der Waals surface area contributed by atoms with E-state index in [1.807, 2.05) is 12.3 Å². The molecule has 0 spiro atoms. The summed E-state index contributed by atoms with van der Waals surface area (Å²) in [5.74, 6) is 0. The lowest BCUT2D eigenvalue weighted by atomic mass is 10.5. The van der Waals surface area contributed by atoms with Gasteiger partial charge in [-0.3, -0.25) is 4.79 Å². The summed E-state index contributed by atoms with van der Waals surface area (Å²) in [6, 6.07) is 1.78. The first-order valence-electron chi connectivity index (χ1n) is 3.20. The normalized spacial score (nSPS) is 10.6. The number of aryl methyl sites for hydroxylation is 1. The fraction of sp³-hybridized carbons (Fsp3) is 0.143. The van der Waals surface area contributed by atoms with Crippen molar-refractivity contribution >= 4 is 22.5 Å². The summed E-state index contributed by atoms with van der Waals surface area (Å²) in [5, 5.41) is 6.06. The van der Waals surface area contributed by atoms with Crippen molar-refractivity contribution in [3.63, 3.8) is 0 Å². The van der Waals surface area contributed by atoms with Gasteiger partial charge in [-0.15, -0.1) is 11.3 Å². The van der Waals surface area contributed by atoms with Crippen LogP contribution in [0.15, 0.2) is 11.4 Å². The summed E-state index contributed by atoms with van der Waals surface area (Å²) < 4.78 is 1.77. The van der Waals surface area contributed by atoms with Gasteiger partial charge < -0.3 is 0 Å². The van der Waals surface area contributed by atoms with Crippen LogP contribution in [0.5, 0.6) is 0 Å². The molecule has 0 aliphatic rings. The quantitative estimate of drug-likeness (QED) is 0.602. The molecule has 0 saturated heterocycles. The molecule has 0 bridgehead atoms. The molecule has 0 aromatic carbocycles. The third kappa shape index (κ3) is 0.867. The van der Waals surface area contributed by atoms with Crippen LogP contribution in [0, 0.1) is 6.92 Å². The number of aldehydes is 1. The van der Waals surface area contributed by atoms with Crippen LogP contribution in [-0.4, -0.2) is 15.9 Å². The number of thiazole rings is 1. The molecule has 2 rings (SSSR count). The second kappa shape index (κ2) is 2.17. The first-order valence-corrected chi connectivity index (χ1v) is 4.08. The Morgan fingerprint density at radius 3 is 3.18 bits per heavy atom. The molecule has 0 aliphatic carbocycles. The molecule has 0 radical (unpaired) electrons. The van der Waals surface area contributed by atoms with Crippen molar-refractivity contribution in [2.45, 2.75) is 6.92 Å². The van der Waals surface area contributed by atoms with Crippen molar-refractivity contribution in [1.29, 1.82) is 0 Å². The average molecular weight is 166 g/mol. The molecule has 0 aliphatic heterocycles. The third-order valence-corrected chi connectivity index (χ3v) is 2.49. The van der Waals surface area contributed by atoms with Crippen LogP contribution >= 0.6 is 11.3 Å². The van der Waals surface area contributed by atoms with Crippen LogP contribution in [0.3, 0.4) is 0 Å². The van der Waals surface area contributed by atoms with Crippen molar-refractivity contribution < 1.29 is 4.79 Å². The van der Waals surface area contributed by atoms with Gasteiger partial charge in [-0.05, 0) is 6.92 Å². The van der Waals surface area contributed by atoms with Crippen LogP contribution in [-0.2, 0) is 0 Å². The predicted molar refractivity (Wildman–Crippen MR) is 43.2 cm³/mol. The number of hydrogen-bond donors (Lipinski definition) is 0. The van der Waals surface area contributed by atoms with E-state index in [2.05, 4.69) is 5.10 Å². The summed E-state index contributed by atoms with van der Waals surface area (Å²) in [4.78, 5) is 11.3. The van der Waals surface area contributed by atoms with Gasteiger partial charge in [-0.1, -0.05) is 0 Å². The SMILES string of the molecule is Cc1csc2cc(C=O)nn12. The van der Waals surface area contributed by atoms with Crippen molar-refractivity contribution in [3.05, 3.63) is 22.8 Å². The van der Waals surface area contributed by atoms with Gasteiger partial charge in [-0.25, -0.2) is 4.52 Å². The average Bonchev–Trinajstić information content (AvgIpc) is 2.53. The van der Waals surface area contributed by atoms with Crippen molar-refractivity contribution in [2.24, 2.45) is 0 Å². The zero-order valence-corrected chi connectivity index (χ0v) is 6.76. The highest BCUT2D eigenvalue weighted by Crippen LogP contribution is 2.15. The van der Waals surface area contributed by atoms with E-state index in [1.165, 1.54) is 0 Å². The van der Waals surface area contributed by atoms with Gasteiger partial charge in [0, 0.05) is 11.4 Å². The molecular formula is C7H6N2OS. The molecule has 2 heterocycles. The lowest BCUT2D eigenvalue weighted by Gasteiger charge is -1.83. The Kier molecular flexibility index (Phi) is 1.29. The van der Waals surface area contributed by atoms with Gasteiger partial charge in [0.05, 0.1) is 5.69 Å². The Balaban J connectivity index is 2.79. The van der Waals surface area contributed by atoms with Crippen molar-refractivity contribution in [2.75, 3.05) is 0 Å². The van der Waals surface area contributed by atoms with E-state index in [0.717, 1.165) is 16.8 Å². The number of fused-ring (bicyclic) bond motifs is 1. The number of nitrogens with zero attached hydrogens (tertiary/aromatic N) is 2. The minimum absolute atomic E-state index is 0.500. The maximum atomic E-state index is 10.3. The molecule has 0 amide bonds. The maximum absolute atomic E-state index is 10.3. The zero-order chi connectivity index (χ0) is 7.84. The summed E-state index contributed by atoms with van der Waals surface area (Å²) in [6.07, 6.45) is 0.763. The molecule has 56 valence electrons. The molecular weight excluding hydrogens is 160 g/mol. The molecule has 4 heteroatoms. The molecule has 0 N–H and O–H groups in total. The van der Waals surface area contributed by atoms with Crippen LogP contribution in [0.2, 0.25) is 0 Å². The molecule has 2 aromatic rings. The van der Waals surface area contributed by atoms with E-state index in [4.69, 9.17) is 0 Å². The van der Waals surface area contributed by atoms with E-state index in [0.29, 0.717) is 5.69 Å². The number of carbonyl (C=O) groups excluding carboxylic acids is 1. The lowest BCUT2D eigenvalue weighted by molar-refractivity contribution is 0.111. The molecule has 0 saturated carbocycles. The molecule has 0 unspecified atom stereocenters. The zero-order valence-electron chi connectivity index (χ0n) is 5.94. The largest absolute Gasteiger partial charge is 0.296 e. The lowest BCUT2D eigenvalue weighted by Crippen LogP contribution is -1.87. The van der Waals surface area contributed by atoms with Gasteiger partial charge in [0.2, 0.25) is 0 Å². The van der Waals surface area contributed by atoms with Crippen LogP contribution < -0.4 is 0 Å². The number of hydrogen-bond acceptors (Lipinski definition) is 3. The number of aromatic nitrogens is 2. The van der Waals surface area contributed by atoms with Crippen molar-refractivity contribution in [1.82, 2.24) is 9.61 Å². The van der Waals surface area contributed by atoms with Gasteiger partial charge in [-0.2, -0.15) is 5.10 Å². The third-order valence-electron chi connectivity index (χ3n) is 1.50. The molecule has 3 nitrogen and oxygen atoms in total. The second-order valence-corrected chi connectivity index (χ2v) is 3.20. The maximum Gasteiger partial charge on any atom is 0.170 e. The van der Waals surface area contributed by atoms with Gasteiger partial charge >= 0.3 is 0 Å². The van der Waals surface area contributed by atoms with E-state index in [1.54, 1.807) is 21.9 Å². The number of carbonyl (C=O) groups is 1. The van der Waals surface area contributed by atoms with E-state index in [-0.39, 0.29) is 0 Å². The molecule has 0 atom stereocenters. The van der Waals surface area contributed by atoms with Gasteiger partial charge in [0.1, 0.15) is 10.5 Å². The summed E-state index contributed by atoms with van der Waals surface area (Å²) in [6.45, 7) is 1.96. The first kappa shape index (κ1) is 6.54. The topological polar surface area (TPSA) is 34.4 Å². The van der Waals surface area contributed by atoms with Gasteiger partial charge in [0.15, 0.2) is 6.29 Å². The fourth-order valence-electron chi connectivity index (χ4n) is 0.971. The van der Waals surface area contributed by atoms with E-state index < -0.39 is 0 Å². The van der Waals surface area contributed by atoms with Crippen LogP contribution in [0.1, 0.15) is 16.2 Å². The van der Waals surface area contributed by atoms with Crippen molar-refractivity contribution in [3.8, 4) is 0 Å². The monoisotopic (exact) mass is 166 g/mol. The molecule has 11 heavy (non-hydrogen) atoms.